The molecule has 0 bridgehead atoms. The standard InChI is InChI=1S/C21H34O2Si/c1-7-20(23)11-8-9-18(24(5,6)19(2,3)4)21(20)12-10-15-13-16(22)14-17(15)21/h7,14-15,18,23H,1,8-13H2,2-6H3/t15-,18-,20+,21+/m0/s1. The van der Waals surface area contributed by atoms with E-state index in [0.29, 0.717) is 17.9 Å². The Hall–Kier alpha value is -0.673. The third-order valence-corrected chi connectivity index (χ3v) is 14.6. The first-order chi connectivity index (χ1) is 11.0. The zero-order valence-corrected chi connectivity index (χ0v) is 17.1. The van der Waals surface area contributed by atoms with Crippen LogP contribution in [0.2, 0.25) is 23.7 Å². The van der Waals surface area contributed by atoms with E-state index in [0.717, 1.165) is 25.7 Å². The summed E-state index contributed by atoms with van der Waals surface area (Å²) >= 11 is 0. The van der Waals surface area contributed by atoms with Crippen LogP contribution in [-0.4, -0.2) is 24.6 Å². The molecule has 0 heterocycles. The van der Waals surface area contributed by atoms with Crippen molar-refractivity contribution in [3.63, 3.8) is 0 Å². The molecule has 2 saturated carbocycles. The number of rotatable bonds is 2. The summed E-state index contributed by atoms with van der Waals surface area (Å²) in [5, 5.41) is 12.0. The molecule has 3 rings (SSSR count). The normalized spacial score (nSPS) is 39.9. The SMILES string of the molecule is C=C[C@@]1(O)CCC[C@H]([Si](C)(C)C(C)(C)C)[C@]12CC[C@H]1CC(=O)C=C12. The molecule has 1 N–H and O–H groups in total. The topological polar surface area (TPSA) is 37.3 Å². The van der Waals surface area contributed by atoms with Crippen LogP contribution in [0.1, 0.15) is 59.3 Å². The minimum atomic E-state index is -1.69. The lowest BCUT2D eigenvalue weighted by Gasteiger charge is -2.60. The lowest BCUT2D eigenvalue weighted by Crippen LogP contribution is -2.60. The molecule has 0 aliphatic heterocycles. The van der Waals surface area contributed by atoms with Gasteiger partial charge in [-0.1, -0.05) is 58.4 Å². The summed E-state index contributed by atoms with van der Waals surface area (Å²) in [5.41, 5.74) is 0.692. The van der Waals surface area contributed by atoms with Crippen molar-refractivity contribution in [2.24, 2.45) is 11.3 Å². The van der Waals surface area contributed by atoms with Crippen molar-refractivity contribution in [3.8, 4) is 0 Å². The molecule has 3 aliphatic rings. The molecule has 2 fully saturated rings. The monoisotopic (exact) mass is 346 g/mol. The number of fused-ring (bicyclic) bond motifs is 2. The highest BCUT2D eigenvalue weighted by Crippen LogP contribution is 2.70. The van der Waals surface area contributed by atoms with Crippen molar-refractivity contribution in [3.05, 3.63) is 24.3 Å². The first kappa shape index (κ1) is 18.1. The summed E-state index contributed by atoms with van der Waals surface area (Å²) in [6, 6.07) is 0. The first-order valence-corrected chi connectivity index (χ1v) is 12.7. The summed E-state index contributed by atoms with van der Waals surface area (Å²) in [6.07, 6.45) is 9.51. The van der Waals surface area contributed by atoms with Gasteiger partial charge in [0.05, 0.1) is 13.7 Å². The van der Waals surface area contributed by atoms with E-state index in [4.69, 9.17) is 0 Å². The van der Waals surface area contributed by atoms with E-state index in [-0.39, 0.29) is 16.2 Å². The van der Waals surface area contributed by atoms with Crippen molar-refractivity contribution in [1.29, 1.82) is 0 Å². The first-order valence-electron chi connectivity index (χ1n) is 9.60. The molecule has 0 unspecified atom stereocenters. The Morgan fingerprint density at radius 1 is 1.29 bits per heavy atom. The van der Waals surface area contributed by atoms with Crippen molar-refractivity contribution in [1.82, 2.24) is 0 Å². The summed E-state index contributed by atoms with van der Waals surface area (Å²) < 4.78 is 0. The number of ketones is 1. The number of hydrogen-bond acceptors (Lipinski definition) is 2. The fraction of sp³-hybridized carbons (Fsp3) is 0.762. The Bertz CT molecular complexity index is 597. The summed E-state index contributed by atoms with van der Waals surface area (Å²) in [4.78, 5) is 12.2. The van der Waals surface area contributed by atoms with Crippen LogP contribution in [0, 0.1) is 11.3 Å². The van der Waals surface area contributed by atoms with Crippen LogP contribution in [0.15, 0.2) is 24.3 Å². The zero-order valence-electron chi connectivity index (χ0n) is 16.1. The van der Waals surface area contributed by atoms with Crippen LogP contribution >= 0.6 is 0 Å². The van der Waals surface area contributed by atoms with E-state index in [2.05, 4.69) is 40.4 Å². The van der Waals surface area contributed by atoms with Crippen molar-refractivity contribution in [2.75, 3.05) is 0 Å². The molecule has 2 nitrogen and oxygen atoms in total. The molecule has 0 amide bonds. The Morgan fingerprint density at radius 3 is 2.54 bits per heavy atom. The van der Waals surface area contributed by atoms with Gasteiger partial charge in [0.25, 0.3) is 0 Å². The second kappa shape index (κ2) is 5.41. The Kier molecular flexibility index (Phi) is 4.09. The highest BCUT2D eigenvalue weighted by atomic mass is 28.3. The van der Waals surface area contributed by atoms with Gasteiger partial charge in [-0.05, 0) is 41.8 Å². The van der Waals surface area contributed by atoms with Gasteiger partial charge in [0.2, 0.25) is 0 Å². The van der Waals surface area contributed by atoms with E-state index in [1.54, 1.807) is 0 Å². The quantitative estimate of drug-likeness (QED) is 0.547. The summed E-state index contributed by atoms with van der Waals surface area (Å²) in [6.45, 7) is 16.1. The number of allylic oxidation sites excluding steroid dienone is 1. The number of carbonyl (C=O) groups is 1. The minimum Gasteiger partial charge on any atom is -0.385 e. The van der Waals surface area contributed by atoms with Crippen LogP contribution in [-0.2, 0) is 4.79 Å². The van der Waals surface area contributed by atoms with E-state index >= 15 is 0 Å². The number of aliphatic hydroxyl groups is 1. The van der Waals surface area contributed by atoms with Gasteiger partial charge >= 0.3 is 0 Å². The number of carbonyl (C=O) groups excluding carboxylic acids is 1. The van der Waals surface area contributed by atoms with Crippen LogP contribution in [0.4, 0.5) is 0 Å². The van der Waals surface area contributed by atoms with Crippen LogP contribution in [0.25, 0.3) is 0 Å². The number of hydrogen-bond donors (Lipinski definition) is 1. The third-order valence-electron chi connectivity index (χ3n) is 8.17. The van der Waals surface area contributed by atoms with E-state index in [1.807, 2.05) is 12.2 Å². The van der Waals surface area contributed by atoms with E-state index < -0.39 is 13.7 Å². The highest BCUT2D eigenvalue weighted by Gasteiger charge is 2.66. The molecule has 3 aliphatic carbocycles. The van der Waals surface area contributed by atoms with Gasteiger partial charge in [-0.2, -0.15) is 0 Å². The summed E-state index contributed by atoms with van der Waals surface area (Å²) in [7, 11) is -1.69. The molecule has 24 heavy (non-hydrogen) atoms. The fourth-order valence-electron chi connectivity index (χ4n) is 5.97. The van der Waals surface area contributed by atoms with Crippen LogP contribution in [0.5, 0.6) is 0 Å². The van der Waals surface area contributed by atoms with Crippen molar-refractivity contribution >= 4 is 13.9 Å². The van der Waals surface area contributed by atoms with Gasteiger partial charge in [0, 0.05) is 11.8 Å². The molecule has 0 aromatic carbocycles. The second-order valence-electron chi connectivity index (χ2n) is 10.0. The maximum Gasteiger partial charge on any atom is 0.156 e. The minimum absolute atomic E-state index is 0.243. The fourth-order valence-corrected chi connectivity index (χ4v) is 9.74. The van der Waals surface area contributed by atoms with Gasteiger partial charge in [-0.15, -0.1) is 6.58 Å². The molecule has 4 atom stereocenters. The third kappa shape index (κ3) is 2.20. The van der Waals surface area contributed by atoms with Gasteiger partial charge in [-0.25, -0.2) is 0 Å². The zero-order chi connectivity index (χ0) is 18.0. The van der Waals surface area contributed by atoms with E-state index in [9.17, 15) is 9.90 Å². The van der Waals surface area contributed by atoms with E-state index in [1.165, 1.54) is 12.0 Å². The molecule has 1 spiro atoms. The molecule has 3 heteroatoms. The van der Waals surface area contributed by atoms with Crippen molar-refractivity contribution < 1.29 is 9.90 Å². The van der Waals surface area contributed by atoms with Crippen LogP contribution < -0.4 is 0 Å². The average molecular weight is 347 g/mol. The molecular weight excluding hydrogens is 312 g/mol. The molecule has 134 valence electrons. The summed E-state index contributed by atoms with van der Waals surface area (Å²) in [5.74, 6) is 0.634. The lowest BCUT2D eigenvalue weighted by molar-refractivity contribution is -0.114. The predicted octanol–water partition coefficient (Wildman–Crippen LogP) is 5.26. The molecule has 0 aromatic rings. The Balaban J connectivity index is 2.20. The largest absolute Gasteiger partial charge is 0.385 e. The van der Waals surface area contributed by atoms with Crippen LogP contribution in [0.3, 0.4) is 0 Å². The van der Waals surface area contributed by atoms with Gasteiger partial charge in [-0.3, -0.25) is 4.79 Å². The highest BCUT2D eigenvalue weighted by molar-refractivity contribution is 6.81. The maximum absolute atomic E-state index is 12.2. The average Bonchev–Trinajstić information content (AvgIpc) is 3.00. The smallest absolute Gasteiger partial charge is 0.156 e. The van der Waals surface area contributed by atoms with Gasteiger partial charge in [0.15, 0.2) is 5.78 Å². The molecule has 0 radical (unpaired) electrons. The lowest BCUT2D eigenvalue weighted by atomic mass is 9.59. The molecular formula is C21H34O2Si. The van der Waals surface area contributed by atoms with Crippen molar-refractivity contribution in [2.45, 2.75) is 88.6 Å². The molecule has 0 aromatic heterocycles. The molecule has 0 saturated heterocycles. The van der Waals surface area contributed by atoms with Gasteiger partial charge in [0.1, 0.15) is 0 Å². The maximum atomic E-state index is 12.2. The Labute approximate surface area is 148 Å². The van der Waals surface area contributed by atoms with Gasteiger partial charge < -0.3 is 5.11 Å². The second-order valence-corrected chi connectivity index (χ2v) is 15.7. The predicted molar refractivity (Wildman–Crippen MR) is 103 cm³/mol. The Morgan fingerprint density at radius 2 is 1.96 bits per heavy atom.